The minimum Gasteiger partial charge on any atom is -0.268 e. The van der Waals surface area contributed by atoms with Crippen LogP contribution in [0.5, 0.6) is 0 Å². The highest BCUT2D eigenvalue weighted by Crippen LogP contribution is 2.32. The zero-order valence-corrected chi connectivity index (χ0v) is 11.1. The van der Waals surface area contributed by atoms with E-state index in [1.807, 2.05) is 36.1 Å². The maximum atomic E-state index is 12.1. The molecule has 2 heterocycles. The van der Waals surface area contributed by atoms with Crippen LogP contribution in [0.1, 0.15) is 24.4 Å². The smallest absolute Gasteiger partial charge is 0.268 e. The molecule has 0 N–H and O–H groups in total. The summed E-state index contributed by atoms with van der Waals surface area (Å²) in [6.07, 6.45) is 3.88. The van der Waals surface area contributed by atoms with E-state index >= 15 is 0 Å². The first-order valence-electron chi connectivity index (χ1n) is 6.65. The molecule has 3 aromatic rings. The Morgan fingerprint density at radius 1 is 1.30 bits per heavy atom. The van der Waals surface area contributed by atoms with E-state index < -0.39 is 0 Å². The molecule has 0 radical (unpaired) electrons. The Labute approximate surface area is 114 Å². The molecule has 7 heteroatoms. The lowest BCUT2D eigenvalue weighted by atomic mass is 10.1. The molecule has 1 aliphatic rings. The minimum absolute atomic E-state index is 0.127. The van der Waals surface area contributed by atoms with Gasteiger partial charge in [0.15, 0.2) is 0 Å². The van der Waals surface area contributed by atoms with Crippen molar-refractivity contribution in [3.63, 3.8) is 0 Å². The van der Waals surface area contributed by atoms with Crippen LogP contribution in [-0.4, -0.2) is 29.6 Å². The quantitative estimate of drug-likeness (QED) is 0.702. The maximum Gasteiger partial charge on any atom is 0.364 e. The first-order chi connectivity index (χ1) is 9.72. The van der Waals surface area contributed by atoms with Gasteiger partial charge in [-0.05, 0) is 34.9 Å². The zero-order chi connectivity index (χ0) is 13.7. The van der Waals surface area contributed by atoms with Gasteiger partial charge in [0.25, 0.3) is 0 Å². The molecule has 0 atom stereocenters. The van der Waals surface area contributed by atoms with Gasteiger partial charge in [-0.3, -0.25) is 4.68 Å². The van der Waals surface area contributed by atoms with Crippen molar-refractivity contribution in [1.82, 2.24) is 29.6 Å². The van der Waals surface area contributed by atoms with Gasteiger partial charge in [0.2, 0.25) is 0 Å². The number of fused-ring (bicyclic) bond motifs is 1. The molecule has 2 aromatic heterocycles. The van der Waals surface area contributed by atoms with E-state index in [2.05, 4.69) is 15.5 Å². The van der Waals surface area contributed by atoms with E-state index in [9.17, 15) is 4.79 Å². The average Bonchev–Trinajstić information content (AvgIpc) is 3.14. The third-order valence-corrected chi connectivity index (χ3v) is 3.70. The Morgan fingerprint density at radius 2 is 2.15 bits per heavy atom. The van der Waals surface area contributed by atoms with Gasteiger partial charge in [0.1, 0.15) is 0 Å². The van der Waals surface area contributed by atoms with Crippen molar-refractivity contribution in [3.8, 4) is 0 Å². The summed E-state index contributed by atoms with van der Waals surface area (Å²) in [6, 6.07) is 6.29. The Morgan fingerprint density at radius 3 is 2.95 bits per heavy atom. The van der Waals surface area contributed by atoms with Gasteiger partial charge in [0.05, 0.1) is 24.3 Å². The van der Waals surface area contributed by atoms with Crippen molar-refractivity contribution in [2.45, 2.75) is 25.4 Å². The van der Waals surface area contributed by atoms with Crippen molar-refractivity contribution in [3.05, 3.63) is 40.4 Å². The molecule has 1 aliphatic carbocycles. The van der Waals surface area contributed by atoms with Crippen LogP contribution in [-0.2, 0) is 13.6 Å². The van der Waals surface area contributed by atoms with Crippen LogP contribution in [0.25, 0.3) is 10.9 Å². The molecule has 20 heavy (non-hydrogen) atoms. The predicted molar refractivity (Wildman–Crippen MR) is 72.4 cm³/mol. The van der Waals surface area contributed by atoms with Gasteiger partial charge >= 0.3 is 5.69 Å². The van der Waals surface area contributed by atoms with E-state index in [1.165, 1.54) is 9.36 Å². The van der Waals surface area contributed by atoms with Gasteiger partial charge < -0.3 is 0 Å². The van der Waals surface area contributed by atoms with Crippen molar-refractivity contribution in [2.24, 2.45) is 7.05 Å². The minimum atomic E-state index is -0.127. The van der Waals surface area contributed by atoms with E-state index in [-0.39, 0.29) is 11.7 Å². The summed E-state index contributed by atoms with van der Waals surface area (Å²) in [7, 11) is 1.90. The van der Waals surface area contributed by atoms with Crippen molar-refractivity contribution in [1.29, 1.82) is 0 Å². The van der Waals surface area contributed by atoms with Crippen molar-refractivity contribution < 1.29 is 0 Å². The van der Waals surface area contributed by atoms with Crippen LogP contribution in [0.2, 0.25) is 0 Å². The molecule has 102 valence electrons. The third kappa shape index (κ3) is 1.74. The molecule has 4 rings (SSSR count). The number of nitrogens with zero attached hydrogens (tertiary/aromatic N) is 6. The Balaban J connectivity index is 1.69. The van der Waals surface area contributed by atoms with Crippen LogP contribution in [0.15, 0.2) is 29.2 Å². The lowest BCUT2D eigenvalue weighted by molar-refractivity contribution is 0.593. The second-order valence-electron chi connectivity index (χ2n) is 5.26. The fourth-order valence-electron chi connectivity index (χ4n) is 2.39. The van der Waals surface area contributed by atoms with Gasteiger partial charge in [-0.25, -0.2) is 4.79 Å². The fraction of sp³-hybridized carbons (Fsp3) is 0.385. The number of rotatable bonds is 3. The monoisotopic (exact) mass is 270 g/mol. The molecule has 1 aromatic carbocycles. The molecule has 0 saturated heterocycles. The highest BCUT2D eigenvalue weighted by atomic mass is 16.2. The lowest BCUT2D eigenvalue weighted by Gasteiger charge is -2.01. The zero-order valence-electron chi connectivity index (χ0n) is 11.1. The number of hydrogen-bond acceptors (Lipinski definition) is 4. The Kier molecular flexibility index (Phi) is 2.29. The standard InChI is InChI=1S/C13H14N6O/c1-17-12-6-9(2-3-10(12)7-14-17)8-18-13(20)19(16-15-18)11-4-5-11/h2-3,6-7,11H,4-5,8H2,1H3. The molecule has 7 nitrogen and oxygen atoms in total. The van der Waals surface area contributed by atoms with Crippen LogP contribution < -0.4 is 5.69 Å². The van der Waals surface area contributed by atoms with Crippen LogP contribution in [0, 0.1) is 0 Å². The topological polar surface area (TPSA) is 70.5 Å². The second-order valence-corrected chi connectivity index (χ2v) is 5.26. The number of benzene rings is 1. The second kappa shape index (κ2) is 4.03. The van der Waals surface area contributed by atoms with E-state index in [0.717, 1.165) is 29.3 Å². The molecule has 0 spiro atoms. The Hall–Kier alpha value is -2.44. The number of aryl methyl sites for hydroxylation is 1. The highest BCUT2D eigenvalue weighted by Gasteiger charge is 2.27. The summed E-state index contributed by atoms with van der Waals surface area (Å²) in [5, 5.41) is 13.2. The van der Waals surface area contributed by atoms with Gasteiger partial charge in [-0.1, -0.05) is 12.1 Å². The van der Waals surface area contributed by atoms with Crippen LogP contribution in [0.4, 0.5) is 0 Å². The van der Waals surface area contributed by atoms with Gasteiger partial charge in [-0.15, -0.1) is 0 Å². The van der Waals surface area contributed by atoms with Crippen LogP contribution >= 0.6 is 0 Å². The van der Waals surface area contributed by atoms with E-state index in [0.29, 0.717) is 6.54 Å². The number of aromatic nitrogens is 6. The molecular formula is C13H14N6O. The first kappa shape index (κ1) is 11.4. The largest absolute Gasteiger partial charge is 0.364 e. The van der Waals surface area contributed by atoms with Gasteiger partial charge in [0, 0.05) is 12.4 Å². The van der Waals surface area contributed by atoms with Crippen molar-refractivity contribution >= 4 is 10.9 Å². The van der Waals surface area contributed by atoms with E-state index in [1.54, 1.807) is 0 Å². The molecular weight excluding hydrogens is 256 g/mol. The number of tetrazole rings is 1. The highest BCUT2D eigenvalue weighted by molar-refractivity contribution is 5.79. The first-order valence-corrected chi connectivity index (χ1v) is 6.65. The SMILES string of the molecule is Cn1ncc2ccc(Cn3nnn(C4CC4)c3=O)cc21. The molecule has 0 bridgehead atoms. The molecule has 0 aliphatic heterocycles. The molecule has 0 unspecified atom stereocenters. The Bertz CT molecular complexity index is 838. The average molecular weight is 270 g/mol. The predicted octanol–water partition coefficient (Wildman–Crippen LogP) is 0.710. The molecule has 1 saturated carbocycles. The normalized spacial score (nSPS) is 15.1. The summed E-state index contributed by atoms with van der Waals surface area (Å²) in [4.78, 5) is 12.1. The lowest BCUT2D eigenvalue weighted by Crippen LogP contribution is -2.25. The molecule has 1 fully saturated rings. The summed E-state index contributed by atoms with van der Waals surface area (Å²) in [5.41, 5.74) is 1.94. The molecule has 0 amide bonds. The number of hydrogen-bond donors (Lipinski definition) is 0. The summed E-state index contributed by atoms with van der Waals surface area (Å²) in [6.45, 7) is 0.437. The van der Waals surface area contributed by atoms with Crippen molar-refractivity contribution in [2.75, 3.05) is 0 Å². The maximum absolute atomic E-state index is 12.1. The van der Waals surface area contributed by atoms with E-state index in [4.69, 9.17) is 0 Å². The third-order valence-electron chi connectivity index (χ3n) is 3.70. The summed E-state index contributed by atoms with van der Waals surface area (Å²) in [5.74, 6) is 0. The fourth-order valence-corrected chi connectivity index (χ4v) is 2.39. The summed E-state index contributed by atoms with van der Waals surface area (Å²) < 4.78 is 4.72. The van der Waals surface area contributed by atoms with Gasteiger partial charge in [-0.2, -0.15) is 14.5 Å². The summed E-state index contributed by atoms with van der Waals surface area (Å²) >= 11 is 0. The van der Waals surface area contributed by atoms with Crippen LogP contribution in [0.3, 0.4) is 0 Å².